The van der Waals surface area contributed by atoms with Gasteiger partial charge in [-0.05, 0) is 35.4 Å². The van der Waals surface area contributed by atoms with Gasteiger partial charge in [0.25, 0.3) is 0 Å². The molecule has 0 aliphatic heterocycles. The van der Waals surface area contributed by atoms with Crippen molar-refractivity contribution in [3.63, 3.8) is 0 Å². The Labute approximate surface area is 164 Å². The molecular weight excluding hydrogens is 396 g/mol. The van der Waals surface area contributed by atoms with Gasteiger partial charge in [0.1, 0.15) is 0 Å². The van der Waals surface area contributed by atoms with Gasteiger partial charge in [-0.2, -0.15) is 0 Å². The zero-order valence-electron chi connectivity index (χ0n) is 14.2. The van der Waals surface area contributed by atoms with Crippen molar-refractivity contribution >= 4 is 52.7 Å². The van der Waals surface area contributed by atoms with E-state index in [1.165, 1.54) is 11.8 Å². The zero-order chi connectivity index (χ0) is 18.9. The van der Waals surface area contributed by atoms with Gasteiger partial charge in [0, 0.05) is 29.6 Å². The van der Waals surface area contributed by atoms with Crippen LogP contribution >= 0.6 is 35.3 Å². The van der Waals surface area contributed by atoms with E-state index >= 15 is 0 Å². The average molecular weight is 415 g/mol. The summed E-state index contributed by atoms with van der Waals surface area (Å²) in [4.78, 5) is 15.8. The zero-order valence-corrected chi connectivity index (χ0v) is 16.6. The molecule has 2 aromatic rings. The quantitative estimate of drug-likeness (QED) is 0.261. The summed E-state index contributed by atoms with van der Waals surface area (Å²) >= 11 is 8.40. The Kier molecular flexibility index (Phi) is 8.23. The number of carbonyl (C=O) groups excluding carboxylic acids is 1. The first-order chi connectivity index (χ1) is 12.5. The number of amidine groups is 1. The average Bonchev–Trinajstić information content (AvgIpc) is 3.06. The summed E-state index contributed by atoms with van der Waals surface area (Å²) in [6, 6.07) is 7.20. The molecule has 1 aromatic carbocycles. The van der Waals surface area contributed by atoms with Crippen LogP contribution in [0.5, 0.6) is 0 Å². The summed E-state index contributed by atoms with van der Waals surface area (Å²) in [5, 5.41) is 20.3. The SMILES string of the molecule is CN=C(Nc1cccc(Cl)c1)c1nonc1SCC(C)NC(=O)CSN. The van der Waals surface area contributed by atoms with Crippen LogP contribution in [0.15, 0.2) is 38.9 Å². The van der Waals surface area contributed by atoms with Crippen molar-refractivity contribution in [2.75, 3.05) is 23.9 Å². The second-order valence-electron chi connectivity index (χ2n) is 5.22. The van der Waals surface area contributed by atoms with Crippen molar-refractivity contribution in [1.29, 1.82) is 0 Å². The van der Waals surface area contributed by atoms with Gasteiger partial charge in [0.15, 0.2) is 16.6 Å². The highest BCUT2D eigenvalue weighted by molar-refractivity contribution is 7.99. The maximum Gasteiger partial charge on any atom is 0.231 e. The molecule has 1 unspecified atom stereocenters. The summed E-state index contributed by atoms with van der Waals surface area (Å²) in [7, 11) is 1.64. The van der Waals surface area contributed by atoms with E-state index in [9.17, 15) is 4.79 Å². The van der Waals surface area contributed by atoms with Gasteiger partial charge >= 0.3 is 0 Å². The molecule has 0 aliphatic rings. The van der Waals surface area contributed by atoms with Gasteiger partial charge in [-0.25, -0.2) is 4.63 Å². The molecule has 1 amide bonds. The van der Waals surface area contributed by atoms with Crippen LogP contribution in [0.2, 0.25) is 5.02 Å². The van der Waals surface area contributed by atoms with Crippen molar-refractivity contribution in [3.05, 3.63) is 35.0 Å². The van der Waals surface area contributed by atoms with Gasteiger partial charge in [0.05, 0.1) is 5.75 Å². The first kappa shape index (κ1) is 20.6. The number of benzene rings is 1. The normalized spacial score (nSPS) is 12.7. The summed E-state index contributed by atoms with van der Waals surface area (Å²) < 4.78 is 4.87. The Hall–Kier alpha value is -1.75. The number of rotatable bonds is 8. The fourth-order valence-electron chi connectivity index (χ4n) is 1.98. The molecule has 1 heterocycles. The number of nitrogens with one attached hydrogen (secondary N) is 2. The third kappa shape index (κ3) is 6.20. The number of aliphatic imine (C=N–C) groups is 1. The highest BCUT2D eigenvalue weighted by Gasteiger charge is 2.18. The second kappa shape index (κ2) is 10.4. The molecule has 140 valence electrons. The highest BCUT2D eigenvalue weighted by atomic mass is 35.5. The predicted octanol–water partition coefficient (Wildman–Crippen LogP) is 2.42. The molecule has 1 aromatic heterocycles. The first-order valence-electron chi connectivity index (χ1n) is 7.59. The van der Waals surface area contributed by atoms with Crippen LogP contribution in [0.1, 0.15) is 12.6 Å². The lowest BCUT2D eigenvalue weighted by molar-refractivity contribution is -0.119. The smallest absolute Gasteiger partial charge is 0.231 e. The number of anilines is 1. The van der Waals surface area contributed by atoms with Gasteiger partial charge in [-0.3, -0.25) is 14.9 Å². The number of aromatic nitrogens is 2. The van der Waals surface area contributed by atoms with E-state index in [4.69, 9.17) is 21.4 Å². The van der Waals surface area contributed by atoms with E-state index in [0.29, 0.717) is 27.3 Å². The van der Waals surface area contributed by atoms with Crippen molar-refractivity contribution in [1.82, 2.24) is 15.6 Å². The van der Waals surface area contributed by atoms with E-state index in [-0.39, 0.29) is 17.7 Å². The number of amides is 1. The summed E-state index contributed by atoms with van der Waals surface area (Å²) in [6.07, 6.45) is 0. The molecule has 0 bridgehead atoms. The topological polar surface area (TPSA) is 118 Å². The summed E-state index contributed by atoms with van der Waals surface area (Å²) in [5.41, 5.74) is 1.27. The van der Waals surface area contributed by atoms with Gasteiger partial charge in [-0.1, -0.05) is 41.4 Å². The Morgan fingerprint density at radius 3 is 2.96 bits per heavy atom. The third-order valence-electron chi connectivity index (χ3n) is 3.09. The molecular formula is C15H19ClN6O2S2. The lowest BCUT2D eigenvalue weighted by Gasteiger charge is -2.12. The van der Waals surface area contributed by atoms with E-state index in [1.807, 2.05) is 19.1 Å². The number of hydrogen-bond acceptors (Lipinski definition) is 8. The van der Waals surface area contributed by atoms with Crippen LogP contribution in [0.3, 0.4) is 0 Å². The lowest BCUT2D eigenvalue weighted by atomic mass is 10.3. The minimum Gasteiger partial charge on any atom is -0.352 e. The number of carbonyl (C=O) groups is 1. The Morgan fingerprint density at radius 1 is 1.46 bits per heavy atom. The number of hydrogen-bond donors (Lipinski definition) is 3. The fraction of sp³-hybridized carbons (Fsp3) is 0.333. The van der Waals surface area contributed by atoms with Gasteiger partial charge in [-0.15, -0.1) is 0 Å². The molecule has 8 nitrogen and oxygen atoms in total. The van der Waals surface area contributed by atoms with E-state index in [2.05, 4.69) is 25.9 Å². The number of nitrogens with two attached hydrogens (primary N) is 1. The van der Waals surface area contributed by atoms with Gasteiger partial charge < -0.3 is 10.6 Å². The lowest BCUT2D eigenvalue weighted by Crippen LogP contribution is -2.35. The van der Waals surface area contributed by atoms with Crippen LogP contribution in [0.4, 0.5) is 5.69 Å². The maximum absolute atomic E-state index is 11.6. The molecule has 0 saturated heterocycles. The van der Waals surface area contributed by atoms with Crippen molar-refractivity contribution in [2.24, 2.45) is 10.1 Å². The first-order valence-corrected chi connectivity index (χ1v) is 10.0. The third-order valence-corrected chi connectivity index (χ3v) is 4.96. The number of thioether (sulfide) groups is 1. The molecule has 0 fully saturated rings. The van der Waals surface area contributed by atoms with E-state index in [0.717, 1.165) is 17.6 Å². The summed E-state index contributed by atoms with van der Waals surface area (Å²) in [6.45, 7) is 1.90. The predicted molar refractivity (Wildman–Crippen MR) is 107 cm³/mol. The Morgan fingerprint density at radius 2 is 2.27 bits per heavy atom. The molecule has 4 N–H and O–H groups in total. The van der Waals surface area contributed by atoms with Crippen LogP contribution in [0, 0.1) is 0 Å². The van der Waals surface area contributed by atoms with E-state index < -0.39 is 0 Å². The molecule has 0 spiro atoms. The van der Waals surface area contributed by atoms with E-state index in [1.54, 1.807) is 19.2 Å². The van der Waals surface area contributed by atoms with Crippen molar-refractivity contribution in [3.8, 4) is 0 Å². The number of nitrogens with zero attached hydrogens (tertiary/aromatic N) is 3. The molecule has 2 rings (SSSR count). The fourth-order valence-corrected chi connectivity index (χ4v) is 3.25. The molecule has 26 heavy (non-hydrogen) atoms. The van der Waals surface area contributed by atoms with Crippen LogP contribution in [-0.2, 0) is 4.79 Å². The summed E-state index contributed by atoms with van der Waals surface area (Å²) in [5.74, 6) is 1.22. The van der Waals surface area contributed by atoms with Crippen LogP contribution < -0.4 is 15.8 Å². The van der Waals surface area contributed by atoms with Crippen LogP contribution in [-0.4, -0.2) is 46.7 Å². The van der Waals surface area contributed by atoms with Crippen LogP contribution in [0.25, 0.3) is 0 Å². The van der Waals surface area contributed by atoms with Crippen molar-refractivity contribution < 1.29 is 9.42 Å². The second-order valence-corrected chi connectivity index (χ2v) is 7.28. The van der Waals surface area contributed by atoms with Crippen molar-refractivity contribution in [2.45, 2.75) is 18.0 Å². The number of halogens is 1. The Bertz CT molecular complexity index is 770. The monoisotopic (exact) mass is 414 g/mol. The largest absolute Gasteiger partial charge is 0.352 e. The molecule has 0 saturated carbocycles. The van der Waals surface area contributed by atoms with Gasteiger partial charge in [0.2, 0.25) is 5.91 Å². The minimum absolute atomic E-state index is 0.0629. The standard InChI is InChI=1S/C15H19ClN6O2S2/c1-9(19-12(23)8-26-17)7-25-15-13(21-24-22-15)14(18-2)20-11-5-3-4-10(16)6-11/h3-6,9H,7-8,17H2,1-2H3,(H,18,20)(H,19,23). The molecule has 0 radical (unpaired) electrons. The Balaban J connectivity index is 2.00. The molecule has 1 atom stereocenters. The molecule has 11 heteroatoms. The highest BCUT2D eigenvalue weighted by Crippen LogP contribution is 2.22. The molecule has 0 aliphatic carbocycles. The minimum atomic E-state index is -0.109. The maximum atomic E-state index is 11.6.